The molecule has 4 rings (SSSR count). The molecule has 3 N–H and O–H groups in total. The molecular weight excluding hydrogens is 368 g/mol. The second-order valence-electron chi connectivity index (χ2n) is 7.83. The van der Waals surface area contributed by atoms with Gasteiger partial charge in [-0.15, -0.1) is 0 Å². The Kier molecular flexibility index (Phi) is 5.64. The van der Waals surface area contributed by atoms with Gasteiger partial charge >= 0.3 is 0 Å². The van der Waals surface area contributed by atoms with Crippen molar-refractivity contribution in [2.75, 3.05) is 39.1 Å². The molecule has 3 heterocycles. The highest BCUT2D eigenvalue weighted by molar-refractivity contribution is 6.13. The van der Waals surface area contributed by atoms with Crippen LogP contribution in [-0.4, -0.2) is 66.0 Å². The van der Waals surface area contributed by atoms with E-state index in [0.29, 0.717) is 12.4 Å². The van der Waals surface area contributed by atoms with Crippen molar-refractivity contribution >= 4 is 23.0 Å². The van der Waals surface area contributed by atoms with Crippen LogP contribution in [0, 0.1) is 5.92 Å². The minimum Gasteiger partial charge on any atom is -0.404 e. The van der Waals surface area contributed by atoms with Gasteiger partial charge in [-0.25, -0.2) is 4.52 Å². The van der Waals surface area contributed by atoms with E-state index in [4.69, 9.17) is 10.5 Å². The fourth-order valence-electron chi connectivity index (χ4n) is 3.67. The van der Waals surface area contributed by atoms with E-state index in [1.165, 1.54) is 0 Å². The lowest BCUT2D eigenvalue weighted by Gasteiger charge is -2.15. The number of hydrogen-bond donors (Lipinski definition) is 2. The predicted molar refractivity (Wildman–Crippen MR) is 113 cm³/mol. The van der Waals surface area contributed by atoms with Crippen molar-refractivity contribution in [3.8, 4) is 0 Å². The summed E-state index contributed by atoms with van der Waals surface area (Å²) in [5.74, 6) is 0.760. The van der Waals surface area contributed by atoms with Crippen LogP contribution in [0.15, 0.2) is 41.2 Å². The molecule has 1 saturated heterocycles. The molecule has 2 aromatic rings. The number of aliphatic imine (C=N–C) groups is 1. The molecule has 1 aliphatic carbocycles. The number of fused-ring (bicyclic) bond motifs is 1. The molecule has 1 atom stereocenters. The zero-order chi connectivity index (χ0) is 20.4. The summed E-state index contributed by atoms with van der Waals surface area (Å²) in [6, 6.07) is 5.81. The Balaban J connectivity index is 1.48. The lowest BCUT2D eigenvalue weighted by atomic mass is 10.0. The molecule has 0 aromatic carbocycles. The third kappa shape index (κ3) is 4.49. The van der Waals surface area contributed by atoms with Gasteiger partial charge in [-0.1, -0.05) is 0 Å². The normalized spacial score (nSPS) is 21.1. The van der Waals surface area contributed by atoms with Crippen LogP contribution in [0.1, 0.15) is 24.8 Å². The SMILES string of the molecule is CN=C(/C(=C\N)CO[C@H]1CCN(C)C1)c1ccn2nc(NC(=O)C3CC3)cc2c1. The molecule has 1 aliphatic heterocycles. The monoisotopic (exact) mass is 396 g/mol. The maximum absolute atomic E-state index is 12.0. The van der Waals surface area contributed by atoms with E-state index >= 15 is 0 Å². The van der Waals surface area contributed by atoms with Crippen molar-refractivity contribution in [2.45, 2.75) is 25.4 Å². The molecule has 0 bridgehead atoms. The summed E-state index contributed by atoms with van der Waals surface area (Å²) in [5, 5.41) is 7.31. The highest BCUT2D eigenvalue weighted by atomic mass is 16.5. The molecule has 8 heteroatoms. The number of rotatable bonds is 7. The molecule has 0 spiro atoms. The standard InChI is InChI=1S/C21H28N6O2/c1-23-20(16(11-22)13-29-18-6-7-26(2)12-18)15-5-8-27-17(9-15)10-19(25-27)24-21(28)14-3-4-14/h5,8-11,14,18H,3-4,6-7,12-13,22H2,1-2H3,(H,24,25,28)/b16-11-,23-20?/t18-/m0/s1. The van der Waals surface area contributed by atoms with Crippen LogP contribution in [0.4, 0.5) is 5.82 Å². The fourth-order valence-corrected chi connectivity index (χ4v) is 3.67. The summed E-state index contributed by atoms with van der Waals surface area (Å²) in [6.45, 7) is 2.42. The topological polar surface area (TPSA) is 97.2 Å². The Hall–Kier alpha value is -2.71. The highest BCUT2D eigenvalue weighted by Gasteiger charge is 2.30. The molecule has 154 valence electrons. The molecule has 8 nitrogen and oxygen atoms in total. The Bertz CT molecular complexity index is 959. The third-order valence-corrected chi connectivity index (χ3v) is 5.49. The minimum atomic E-state index is 0.0486. The van der Waals surface area contributed by atoms with Crippen LogP contribution < -0.4 is 11.1 Å². The number of likely N-dealkylation sites (tertiary alicyclic amines) is 1. The minimum absolute atomic E-state index is 0.0486. The van der Waals surface area contributed by atoms with Gasteiger partial charge in [0.2, 0.25) is 5.91 Å². The van der Waals surface area contributed by atoms with Gasteiger partial charge in [0, 0.05) is 55.7 Å². The number of amides is 1. The molecule has 0 unspecified atom stereocenters. The molecular formula is C21H28N6O2. The Morgan fingerprint density at radius 2 is 2.24 bits per heavy atom. The van der Waals surface area contributed by atoms with E-state index in [0.717, 1.165) is 54.7 Å². The average molecular weight is 396 g/mol. The van der Waals surface area contributed by atoms with Crippen molar-refractivity contribution in [2.24, 2.45) is 16.6 Å². The van der Waals surface area contributed by atoms with Crippen molar-refractivity contribution < 1.29 is 9.53 Å². The van der Waals surface area contributed by atoms with Crippen molar-refractivity contribution in [3.63, 3.8) is 0 Å². The predicted octanol–water partition coefficient (Wildman–Crippen LogP) is 1.66. The first-order valence-electron chi connectivity index (χ1n) is 10.1. The number of carbonyl (C=O) groups is 1. The number of hydrogen-bond acceptors (Lipinski definition) is 6. The smallest absolute Gasteiger partial charge is 0.228 e. The molecule has 29 heavy (non-hydrogen) atoms. The summed E-state index contributed by atoms with van der Waals surface area (Å²) >= 11 is 0. The Morgan fingerprint density at radius 1 is 1.41 bits per heavy atom. The van der Waals surface area contributed by atoms with Crippen LogP contribution in [0.5, 0.6) is 0 Å². The number of carbonyl (C=O) groups excluding carboxylic acids is 1. The van der Waals surface area contributed by atoms with Gasteiger partial charge in [-0.2, -0.15) is 5.10 Å². The molecule has 1 amide bonds. The number of ether oxygens (including phenoxy) is 1. The number of anilines is 1. The van der Waals surface area contributed by atoms with E-state index in [9.17, 15) is 4.79 Å². The zero-order valence-corrected chi connectivity index (χ0v) is 17.0. The molecule has 2 aliphatic rings. The molecule has 2 fully saturated rings. The number of aromatic nitrogens is 2. The van der Waals surface area contributed by atoms with Crippen LogP contribution >= 0.6 is 0 Å². The summed E-state index contributed by atoms with van der Waals surface area (Å²) in [6.07, 6.45) is 6.62. The summed E-state index contributed by atoms with van der Waals surface area (Å²) in [4.78, 5) is 18.7. The highest BCUT2D eigenvalue weighted by Crippen LogP contribution is 2.30. The van der Waals surface area contributed by atoms with E-state index < -0.39 is 0 Å². The van der Waals surface area contributed by atoms with Gasteiger partial charge in [0.25, 0.3) is 0 Å². The number of nitrogens with zero attached hydrogens (tertiary/aromatic N) is 4. The maximum atomic E-state index is 12.0. The van der Waals surface area contributed by atoms with Crippen LogP contribution in [0.2, 0.25) is 0 Å². The number of nitrogens with two attached hydrogens (primary N) is 1. The first-order valence-corrected chi connectivity index (χ1v) is 10.1. The van der Waals surface area contributed by atoms with Gasteiger partial charge in [-0.05, 0) is 38.4 Å². The lowest BCUT2D eigenvalue weighted by Crippen LogP contribution is -2.22. The number of pyridine rings is 1. The third-order valence-electron chi connectivity index (χ3n) is 5.49. The second kappa shape index (κ2) is 8.34. The molecule has 1 saturated carbocycles. The quantitative estimate of drug-likeness (QED) is 0.694. The number of nitrogens with one attached hydrogen (secondary N) is 1. The van der Waals surface area contributed by atoms with Crippen LogP contribution in [-0.2, 0) is 9.53 Å². The van der Waals surface area contributed by atoms with Gasteiger partial charge in [0.05, 0.1) is 23.9 Å². The van der Waals surface area contributed by atoms with Crippen LogP contribution in [0.3, 0.4) is 0 Å². The largest absolute Gasteiger partial charge is 0.404 e. The maximum Gasteiger partial charge on any atom is 0.228 e. The van der Waals surface area contributed by atoms with Crippen LogP contribution in [0.25, 0.3) is 5.52 Å². The summed E-state index contributed by atoms with van der Waals surface area (Å²) in [5.41, 5.74) is 9.37. The van der Waals surface area contributed by atoms with Crippen molar-refractivity contribution in [1.82, 2.24) is 14.5 Å². The van der Waals surface area contributed by atoms with E-state index in [1.807, 2.05) is 24.4 Å². The zero-order valence-electron chi connectivity index (χ0n) is 17.0. The van der Waals surface area contributed by atoms with Gasteiger partial charge in [-0.3, -0.25) is 9.79 Å². The van der Waals surface area contributed by atoms with Crippen molar-refractivity contribution in [1.29, 1.82) is 0 Å². The Labute approximate surface area is 170 Å². The van der Waals surface area contributed by atoms with Gasteiger partial charge in [0.15, 0.2) is 5.82 Å². The fraction of sp³-hybridized carbons (Fsp3) is 0.476. The average Bonchev–Trinajstić information content (AvgIpc) is 3.37. The first-order chi connectivity index (χ1) is 14.1. The van der Waals surface area contributed by atoms with E-state index in [-0.39, 0.29) is 17.9 Å². The summed E-state index contributed by atoms with van der Waals surface area (Å²) in [7, 11) is 3.86. The lowest BCUT2D eigenvalue weighted by molar-refractivity contribution is -0.117. The second-order valence-corrected chi connectivity index (χ2v) is 7.83. The summed E-state index contributed by atoms with van der Waals surface area (Å²) < 4.78 is 7.80. The van der Waals surface area contributed by atoms with Gasteiger partial charge < -0.3 is 20.7 Å². The first kappa shape index (κ1) is 19.6. The van der Waals surface area contributed by atoms with Gasteiger partial charge in [0.1, 0.15) is 0 Å². The van der Waals surface area contributed by atoms with E-state index in [2.05, 4.69) is 27.4 Å². The van der Waals surface area contributed by atoms with E-state index in [1.54, 1.807) is 17.8 Å². The number of likely N-dealkylation sites (N-methyl/N-ethyl adjacent to an activating group) is 1. The van der Waals surface area contributed by atoms with Crippen molar-refractivity contribution in [3.05, 3.63) is 41.7 Å². The molecule has 0 radical (unpaired) electrons. The molecule has 2 aromatic heterocycles. The Morgan fingerprint density at radius 3 is 2.90 bits per heavy atom.